The Morgan fingerprint density at radius 3 is 2.46 bits per heavy atom. The van der Waals surface area contributed by atoms with E-state index in [0.29, 0.717) is 23.3 Å². The highest BCUT2D eigenvalue weighted by Gasteiger charge is 2.17. The first-order chi connectivity index (χ1) is 13.4. The summed E-state index contributed by atoms with van der Waals surface area (Å²) in [6, 6.07) is 14.8. The van der Waals surface area contributed by atoms with Gasteiger partial charge < -0.3 is 4.74 Å². The van der Waals surface area contributed by atoms with Gasteiger partial charge >= 0.3 is 5.69 Å². The van der Waals surface area contributed by atoms with Crippen LogP contribution in [0.1, 0.15) is 34.7 Å². The lowest BCUT2D eigenvalue weighted by atomic mass is 10.1. The quantitative estimate of drug-likeness (QED) is 0.740. The topological polar surface area (TPSA) is 87.9 Å². The zero-order valence-corrected chi connectivity index (χ0v) is 16.1. The fourth-order valence-corrected chi connectivity index (χ4v) is 3.19. The summed E-state index contributed by atoms with van der Waals surface area (Å²) in [5.41, 5.74) is 2.71. The molecule has 0 bridgehead atoms. The number of H-pyrrole nitrogens is 1. The number of aromatic nitrogens is 2. The number of hydrogen-bond acceptors (Lipinski definition) is 4. The summed E-state index contributed by atoms with van der Waals surface area (Å²) in [5, 5.41) is 9.11. The van der Waals surface area contributed by atoms with Crippen LogP contribution in [-0.2, 0) is 13.0 Å². The predicted octanol–water partition coefficient (Wildman–Crippen LogP) is 3.43. The largest absolute Gasteiger partial charge is 0.440 e. The van der Waals surface area contributed by atoms with Gasteiger partial charge in [0.2, 0.25) is 5.88 Å². The summed E-state index contributed by atoms with van der Waals surface area (Å²) in [6.07, 6.45) is 0.411. The maximum absolute atomic E-state index is 12.6. The maximum atomic E-state index is 12.6. The number of nitrogens with one attached hydrogen (secondary N) is 1. The van der Waals surface area contributed by atoms with Gasteiger partial charge in [-0.25, -0.2) is 4.79 Å². The van der Waals surface area contributed by atoms with Crippen LogP contribution in [0.25, 0.3) is 0 Å². The SMILES string of the molecule is CCc1c(Oc2cc(C)cc(C)c2)n(Cc2cccc(C#N)c2)c(=O)[nH]c1=O. The second kappa shape index (κ2) is 7.97. The summed E-state index contributed by atoms with van der Waals surface area (Å²) < 4.78 is 7.46. The zero-order valence-electron chi connectivity index (χ0n) is 16.1. The van der Waals surface area contributed by atoms with E-state index in [1.165, 1.54) is 4.57 Å². The summed E-state index contributed by atoms with van der Waals surface area (Å²) in [4.78, 5) is 27.3. The van der Waals surface area contributed by atoms with Gasteiger partial charge in [0.15, 0.2) is 0 Å². The lowest BCUT2D eigenvalue weighted by Gasteiger charge is -2.17. The van der Waals surface area contributed by atoms with E-state index in [-0.39, 0.29) is 12.4 Å². The predicted molar refractivity (Wildman–Crippen MR) is 107 cm³/mol. The molecule has 1 N–H and O–H groups in total. The van der Waals surface area contributed by atoms with Crippen molar-refractivity contribution in [2.45, 2.75) is 33.7 Å². The van der Waals surface area contributed by atoms with Crippen molar-refractivity contribution in [3.8, 4) is 17.7 Å². The molecule has 0 aliphatic rings. The molecular weight excluding hydrogens is 354 g/mol. The zero-order chi connectivity index (χ0) is 20.3. The number of ether oxygens (including phenoxy) is 1. The van der Waals surface area contributed by atoms with Crippen molar-refractivity contribution in [3.63, 3.8) is 0 Å². The number of rotatable bonds is 5. The Bertz CT molecular complexity index is 1160. The lowest BCUT2D eigenvalue weighted by Crippen LogP contribution is -2.33. The Labute approximate surface area is 162 Å². The van der Waals surface area contributed by atoms with Gasteiger partial charge in [-0.3, -0.25) is 14.3 Å². The molecule has 0 saturated carbocycles. The molecule has 0 aliphatic carbocycles. The summed E-state index contributed by atoms with van der Waals surface area (Å²) in [6.45, 7) is 5.93. The van der Waals surface area contributed by atoms with E-state index in [4.69, 9.17) is 10.00 Å². The van der Waals surface area contributed by atoms with E-state index >= 15 is 0 Å². The second-order valence-electron chi connectivity index (χ2n) is 6.72. The first-order valence-electron chi connectivity index (χ1n) is 9.02. The summed E-state index contributed by atoms with van der Waals surface area (Å²) in [7, 11) is 0. The molecule has 0 atom stereocenters. The molecule has 6 nitrogen and oxygen atoms in total. The van der Waals surface area contributed by atoms with E-state index in [2.05, 4.69) is 11.1 Å². The molecule has 2 aromatic carbocycles. The number of nitriles is 1. The van der Waals surface area contributed by atoms with Gasteiger partial charge in [0.25, 0.3) is 5.56 Å². The molecule has 3 aromatic rings. The highest BCUT2D eigenvalue weighted by atomic mass is 16.5. The average Bonchev–Trinajstić information content (AvgIpc) is 2.64. The van der Waals surface area contributed by atoms with E-state index < -0.39 is 11.2 Å². The van der Waals surface area contributed by atoms with Crippen LogP contribution >= 0.6 is 0 Å². The Morgan fingerprint density at radius 2 is 1.82 bits per heavy atom. The summed E-state index contributed by atoms with van der Waals surface area (Å²) in [5.74, 6) is 0.792. The third kappa shape index (κ3) is 4.04. The van der Waals surface area contributed by atoms with Gasteiger partial charge in [-0.1, -0.05) is 25.1 Å². The minimum Gasteiger partial charge on any atom is -0.440 e. The van der Waals surface area contributed by atoms with Crippen LogP contribution in [0, 0.1) is 25.2 Å². The van der Waals surface area contributed by atoms with Crippen molar-refractivity contribution < 1.29 is 4.74 Å². The van der Waals surface area contributed by atoms with Gasteiger partial charge in [0, 0.05) is 0 Å². The first kappa shape index (κ1) is 19.2. The number of aromatic amines is 1. The molecule has 0 saturated heterocycles. The minimum atomic E-state index is -0.552. The van der Waals surface area contributed by atoms with Crippen LogP contribution in [0.2, 0.25) is 0 Å². The van der Waals surface area contributed by atoms with Gasteiger partial charge in [-0.05, 0) is 61.2 Å². The molecule has 0 unspecified atom stereocenters. The highest BCUT2D eigenvalue weighted by molar-refractivity contribution is 5.38. The molecule has 1 aromatic heterocycles. The van der Waals surface area contributed by atoms with Crippen molar-refractivity contribution in [1.82, 2.24) is 9.55 Å². The molecular formula is C22H21N3O3. The Hall–Kier alpha value is -3.59. The van der Waals surface area contributed by atoms with E-state index in [0.717, 1.165) is 16.7 Å². The van der Waals surface area contributed by atoms with Crippen molar-refractivity contribution in [3.05, 3.63) is 91.1 Å². The van der Waals surface area contributed by atoms with E-state index in [9.17, 15) is 9.59 Å². The highest BCUT2D eigenvalue weighted by Crippen LogP contribution is 2.25. The average molecular weight is 375 g/mol. The third-order valence-electron chi connectivity index (χ3n) is 4.40. The van der Waals surface area contributed by atoms with Crippen molar-refractivity contribution >= 4 is 0 Å². The molecule has 6 heteroatoms. The summed E-state index contributed by atoms with van der Waals surface area (Å²) >= 11 is 0. The normalized spacial score (nSPS) is 10.5. The molecule has 28 heavy (non-hydrogen) atoms. The van der Waals surface area contributed by atoms with Crippen molar-refractivity contribution in [2.75, 3.05) is 0 Å². The van der Waals surface area contributed by atoms with Crippen LogP contribution in [0.15, 0.2) is 52.1 Å². The van der Waals surface area contributed by atoms with Crippen LogP contribution in [0.4, 0.5) is 0 Å². The van der Waals surface area contributed by atoms with Crippen molar-refractivity contribution in [2.24, 2.45) is 0 Å². The standard InChI is InChI=1S/C22H21N3O3/c1-4-19-20(26)24-22(27)25(13-17-7-5-6-16(11-17)12-23)21(19)28-18-9-14(2)8-15(3)10-18/h5-11H,4,13H2,1-3H3,(H,24,26,27). The van der Waals surface area contributed by atoms with Gasteiger partial charge in [-0.15, -0.1) is 0 Å². The number of nitrogens with zero attached hydrogens (tertiary/aromatic N) is 2. The Balaban J connectivity index is 2.14. The van der Waals surface area contributed by atoms with Crippen LogP contribution in [0.5, 0.6) is 11.6 Å². The molecule has 1 heterocycles. The molecule has 0 amide bonds. The van der Waals surface area contributed by atoms with Crippen LogP contribution in [-0.4, -0.2) is 9.55 Å². The van der Waals surface area contributed by atoms with E-state index in [1.54, 1.807) is 18.2 Å². The molecule has 0 spiro atoms. The van der Waals surface area contributed by atoms with Crippen molar-refractivity contribution in [1.29, 1.82) is 5.26 Å². The minimum absolute atomic E-state index is 0.179. The molecule has 0 aliphatic heterocycles. The second-order valence-corrected chi connectivity index (χ2v) is 6.72. The first-order valence-corrected chi connectivity index (χ1v) is 9.02. The maximum Gasteiger partial charge on any atom is 0.331 e. The molecule has 0 fully saturated rings. The van der Waals surface area contributed by atoms with Gasteiger partial charge in [-0.2, -0.15) is 5.26 Å². The Morgan fingerprint density at radius 1 is 1.11 bits per heavy atom. The third-order valence-corrected chi connectivity index (χ3v) is 4.40. The van der Waals surface area contributed by atoms with Crippen LogP contribution < -0.4 is 16.0 Å². The van der Waals surface area contributed by atoms with Gasteiger partial charge in [0.05, 0.1) is 23.7 Å². The fourth-order valence-electron chi connectivity index (χ4n) is 3.19. The smallest absolute Gasteiger partial charge is 0.331 e. The molecule has 0 radical (unpaired) electrons. The fraction of sp³-hybridized carbons (Fsp3) is 0.227. The number of hydrogen-bond donors (Lipinski definition) is 1. The van der Waals surface area contributed by atoms with E-state index in [1.807, 2.05) is 45.0 Å². The molecule has 3 rings (SSSR count). The number of aryl methyl sites for hydroxylation is 2. The molecule has 142 valence electrons. The van der Waals surface area contributed by atoms with Crippen LogP contribution in [0.3, 0.4) is 0 Å². The Kier molecular flexibility index (Phi) is 5.46. The lowest BCUT2D eigenvalue weighted by molar-refractivity contribution is 0.413. The number of benzene rings is 2. The monoisotopic (exact) mass is 375 g/mol. The van der Waals surface area contributed by atoms with Gasteiger partial charge in [0.1, 0.15) is 5.75 Å².